The molecule has 2 rings (SSSR count). The predicted octanol–water partition coefficient (Wildman–Crippen LogP) is 19.3. The van der Waals surface area contributed by atoms with Crippen molar-refractivity contribution < 1.29 is 0 Å². The third-order valence-electron chi connectivity index (χ3n) is 12.8. The van der Waals surface area contributed by atoms with Crippen LogP contribution in [0.4, 0.5) is 11.4 Å². The molecule has 0 atom stereocenters. The highest BCUT2D eigenvalue weighted by atomic mass is 14.8. The average Bonchev–Trinajstić information content (AvgIpc) is 3.27. The minimum absolute atomic E-state index is 0.880. The molecule has 0 saturated heterocycles. The van der Waals surface area contributed by atoms with Crippen molar-refractivity contribution in [2.24, 2.45) is 9.98 Å². The standard InChI is InChI=1S/C58H96N2/c1-7-13-15-17-19-21-23-25-27-28-30-32-34-36-38-40-42-44-58(60-56-48-46-52(10-4)54(12-6)50-56)57(59-55-47-45-51(9-3)53(11-5)49-55)43-41-39-37-35-33-31-29-26-24-22-20-18-16-14-8-2/h45-50H,7-40,42,44H2,1-6H3. The van der Waals surface area contributed by atoms with Gasteiger partial charge in [0.15, 0.2) is 0 Å². The maximum absolute atomic E-state index is 5.40. The summed E-state index contributed by atoms with van der Waals surface area (Å²) in [5.74, 6) is 7.23. The third-order valence-corrected chi connectivity index (χ3v) is 12.8. The summed E-state index contributed by atoms with van der Waals surface area (Å²) in [6.45, 7) is 13.6. The van der Waals surface area contributed by atoms with Crippen LogP contribution in [-0.2, 0) is 25.7 Å². The van der Waals surface area contributed by atoms with E-state index in [4.69, 9.17) is 9.98 Å². The molecule has 0 amide bonds. The van der Waals surface area contributed by atoms with Crippen LogP contribution in [0.2, 0.25) is 0 Å². The molecular formula is C58H96N2. The molecule has 0 saturated carbocycles. The fraction of sp³-hybridized carbons (Fsp3) is 0.724. The van der Waals surface area contributed by atoms with Gasteiger partial charge in [-0.3, -0.25) is 4.99 Å². The molecule has 0 radical (unpaired) electrons. The second-order valence-electron chi connectivity index (χ2n) is 18.0. The number of hydrogen-bond acceptors (Lipinski definition) is 2. The van der Waals surface area contributed by atoms with Crippen LogP contribution in [0.3, 0.4) is 0 Å². The Bertz CT molecular complexity index is 1450. The van der Waals surface area contributed by atoms with Gasteiger partial charge in [0, 0.05) is 6.42 Å². The number of unbranched alkanes of at least 4 members (excludes halogenated alkanes) is 29. The molecule has 2 aromatic rings. The van der Waals surface area contributed by atoms with Gasteiger partial charge in [-0.2, -0.15) is 0 Å². The summed E-state index contributed by atoms with van der Waals surface area (Å²) >= 11 is 0. The molecule has 0 aromatic heterocycles. The highest BCUT2D eigenvalue weighted by Crippen LogP contribution is 2.24. The number of aryl methyl sites for hydroxylation is 4. The maximum Gasteiger partial charge on any atom is 0.135 e. The van der Waals surface area contributed by atoms with Crippen molar-refractivity contribution in [3.8, 4) is 11.8 Å². The van der Waals surface area contributed by atoms with Gasteiger partial charge < -0.3 is 0 Å². The minimum atomic E-state index is 0.880. The first kappa shape index (κ1) is 53.5. The largest absolute Gasteiger partial charge is 0.251 e. The van der Waals surface area contributed by atoms with E-state index in [1.165, 1.54) is 208 Å². The molecule has 0 aliphatic carbocycles. The Labute approximate surface area is 374 Å². The number of aliphatic imine (C=N–C) groups is 2. The van der Waals surface area contributed by atoms with Crippen molar-refractivity contribution in [2.75, 3.05) is 0 Å². The Kier molecular flexibility index (Phi) is 33.9. The van der Waals surface area contributed by atoms with Crippen molar-refractivity contribution in [1.29, 1.82) is 0 Å². The lowest BCUT2D eigenvalue weighted by molar-refractivity contribution is 0.528. The summed E-state index contributed by atoms with van der Waals surface area (Å²) in [6, 6.07) is 13.6. The Balaban J connectivity index is 2.02. The quantitative estimate of drug-likeness (QED) is 0.0366. The lowest BCUT2D eigenvalue weighted by Crippen LogP contribution is -2.12. The zero-order valence-electron chi connectivity index (χ0n) is 40.8. The molecule has 2 nitrogen and oxygen atoms in total. The van der Waals surface area contributed by atoms with Gasteiger partial charge in [0.2, 0.25) is 0 Å². The van der Waals surface area contributed by atoms with E-state index in [-0.39, 0.29) is 0 Å². The molecule has 2 heteroatoms. The number of rotatable bonds is 38. The van der Waals surface area contributed by atoms with Crippen LogP contribution in [0.1, 0.15) is 269 Å². The van der Waals surface area contributed by atoms with Crippen LogP contribution in [0, 0.1) is 11.8 Å². The number of hydrogen-bond donors (Lipinski definition) is 0. The normalized spacial score (nSPS) is 12.0. The summed E-state index contributed by atoms with van der Waals surface area (Å²) in [5, 5.41) is 0. The minimum Gasteiger partial charge on any atom is -0.251 e. The lowest BCUT2D eigenvalue weighted by atomic mass is 10.0. The maximum atomic E-state index is 5.40. The zero-order valence-corrected chi connectivity index (χ0v) is 40.8. The summed E-state index contributed by atoms with van der Waals surface area (Å²) in [5.41, 5.74) is 9.67. The van der Waals surface area contributed by atoms with Crippen molar-refractivity contribution in [3.63, 3.8) is 0 Å². The summed E-state index contributed by atoms with van der Waals surface area (Å²) in [6.07, 6.45) is 47.5. The average molecular weight is 821 g/mol. The van der Waals surface area contributed by atoms with Gasteiger partial charge in [-0.1, -0.05) is 239 Å². The van der Waals surface area contributed by atoms with Crippen LogP contribution in [0.5, 0.6) is 0 Å². The SMILES string of the molecule is CCCCCCCCCCCCCCCC#CC(=Nc1ccc(CC)c(CC)c1)C(CCCCCCCCCCCCCCCCCCC)=Nc1ccc(CC)c(CC)c1. The molecule has 0 fully saturated rings. The highest BCUT2D eigenvalue weighted by molar-refractivity contribution is 6.49. The Morgan fingerprint density at radius 1 is 0.367 bits per heavy atom. The topological polar surface area (TPSA) is 24.7 Å². The van der Waals surface area contributed by atoms with Crippen molar-refractivity contribution >= 4 is 22.8 Å². The second kappa shape index (κ2) is 38.0. The first-order valence-electron chi connectivity index (χ1n) is 26.5. The van der Waals surface area contributed by atoms with Crippen LogP contribution in [0.15, 0.2) is 46.4 Å². The van der Waals surface area contributed by atoms with E-state index in [9.17, 15) is 0 Å². The van der Waals surface area contributed by atoms with Crippen LogP contribution >= 0.6 is 0 Å². The Hall–Kier alpha value is -2.66. The van der Waals surface area contributed by atoms with E-state index < -0.39 is 0 Å². The lowest BCUT2D eigenvalue weighted by Gasteiger charge is -2.11. The molecule has 0 heterocycles. The van der Waals surface area contributed by atoms with E-state index in [1.807, 2.05) is 0 Å². The van der Waals surface area contributed by atoms with E-state index in [0.717, 1.165) is 67.7 Å². The molecule has 0 aliphatic heterocycles. The van der Waals surface area contributed by atoms with Gasteiger partial charge in [0.05, 0.1) is 17.1 Å². The zero-order chi connectivity index (χ0) is 43.1. The molecule has 60 heavy (non-hydrogen) atoms. The van der Waals surface area contributed by atoms with Gasteiger partial charge in [0.1, 0.15) is 5.71 Å². The highest BCUT2D eigenvalue weighted by Gasteiger charge is 2.11. The third kappa shape index (κ3) is 26.0. The van der Waals surface area contributed by atoms with Gasteiger partial charge >= 0.3 is 0 Å². The van der Waals surface area contributed by atoms with Crippen LogP contribution in [-0.4, -0.2) is 11.4 Å². The smallest absolute Gasteiger partial charge is 0.135 e. The summed E-state index contributed by atoms with van der Waals surface area (Å²) < 4.78 is 0. The van der Waals surface area contributed by atoms with Gasteiger partial charge in [0.25, 0.3) is 0 Å². The number of benzene rings is 2. The van der Waals surface area contributed by atoms with Crippen LogP contribution in [0.25, 0.3) is 0 Å². The van der Waals surface area contributed by atoms with Crippen molar-refractivity contribution in [1.82, 2.24) is 0 Å². The van der Waals surface area contributed by atoms with Gasteiger partial charge in [-0.25, -0.2) is 4.99 Å². The Morgan fingerprint density at radius 2 is 0.700 bits per heavy atom. The molecule has 0 bridgehead atoms. The monoisotopic (exact) mass is 821 g/mol. The van der Waals surface area contributed by atoms with Crippen LogP contribution < -0.4 is 0 Å². The first-order valence-corrected chi connectivity index (χ1v) is 26.5. The fourth-order valence-electron chi connectivity index (χ4n) is 8.78. The fourth-order valence-corrected chi connectivity index (χ4v) is 8.78. The predicted molar refractivity (Wildman–Crippen MR) is 271 cm³/mol. The van der Waals surface area contributed by atoms with Crippen molar-refractivity contribution in [3.05, 3.63) is 58.7 Å². The van der Waals surface area contributed by atoms with Gasteiger partial charge in [-0.05, 0) is 97.4 Å². The summed E-state index contributed by atoms with van der Waals surface area (Å²) in [4.78, 5) is 10.7. The molecule has 338 valence electrons. The second-order valence-corrected chi connectivity index (χ2v) is 18.0. The number of nitrogens with zero attached hydrogens (tertiary/aromatic N) is 2. The van der Waals surface area contributed by atoms with E-state index in [1.54, 1.807) is 0 Å². The molecule has 2 aromatic carbocycles. The first-order chi connectivity index (χ1) is 29.6. The molecular weight excluding hydrogens is 725 g/mol. The molecule has 0 spiro atoms. The molecule has 0 N–H and O–H groups in total. The van der Waals surface area contributed by atoms with E-state index in [2.05, 4.69) is 89.8 Å². The Morgan fingerprint density at radius 3 is 1.07 bits per heavy atom. The molecule has 0 aliphatic rings. The molecule has 0 unspecified atom stereocenters. The van der Waals surface area contributed by atoms with E-state index >= 15 is 0 Å². The van der Waals surface area contributed by atoms with E-state index in [0.29, 0.717) is 0 Å². The van der Waals surface area contributed by atoms with Gasteiger partial charge in [-0.15, -0.1) is 0 Å². The summed E-state index contributed by atoms with van der Waals surface area (Å²) in [7, 11) is 0. The van der Waals surface area contributed by atoms with Crippen molar-refractivity contribution in [2.45, 2.75) is 273 Å².